The first-order valence-electron chi connectivity index (χ1n) is 17.2. The van der Waals surface area contributed by atoms with Crippen LogP contribution in [-0.2, 0) is 24.4 Å². The summed E-state index contributed by atoms with van der Waals surface area (Å²) in [5.41, 5.74) is 5.65. The molecule has 1 aliphatic rings. The SMILES string of the molecule is Cc1ccc(OCCc2ccc(CN3CCN(C(=O)/C=C/c4cc(C)c(Oc5ccc(OCc6cccc(Cl)c6F)cn5)c(Cl)c4)CC3)cc2)cc1. The Labute approximate surface area is 314 Å². The van der Waals surface area contributed by atoms with Gasteiger partial charge >= 0.3 is 0 Å². The molecule has 1 aliphatic heterocycles. The third kappa shape index (κ3) is 10.1. The van der Waals surface area contributed by atoms with E-state index >= 15 is 0 Å². The number of carbonyl (C=O) groups is 1. The number of hydrogen-bond donors (Lipinski definition) is 0. The van der Waals surface area contributed by atoms with Crippen molar-refractivity contribution in [2.75, 3.05) is 32.8 Å². The van der Waals surface area contributed by atoms with Crippen LogP contribution in [0.1, 0.15) is 33.4 Å². The molecule has 0 saturated carbocycles. The predicted octanol–water partition coefficient (Wildman–Crippen LogP) is 9.49. The maximum atomic E-state index is 14.1. The van der Waals surface area contributed by atoms with Crippen LogP contribution < -0.4 is 14.2 Å². The quantitative estimate of drug-likeness (QED) is 0.112. The zero-order chi connectivity index (χ0) is 36.5. The van der Waals surface area contributed by atoms with Crippen molar-refractivity contribution in [1.82, 2.24) is 14.8 Å². The number of aromatic nitrogens is 1. The molecule has 0 radical (unpaired) electrons. The van der Waals surface area contributed by atoms with E-state index in [1.165, 1.54) is 29.0 Å². The maximum absolute atomic E-state index is 14.1. The minimum Gasteiger partial charge on any atom is -0.493 e. The summed E-state index contributed by atoms with van der Waals surface area (Å²) in [7, 11) is 0. The Morgan fingerprint density at radius 3 is 2.29 bits per heavy atom. The first-order chi connectivity index (χ1) is 25.2. The van der Waals surface area contributed by atoms with Crippen molar-refractivity contribution >= 4 is 35.2 Å². The number of nitrogens with zero attached hydrogens (tertiary/aromatic N) is 3. The predicted molar refractivity (Wildman–Crippen MR) is 204 cm³/mol. The van der Waals surface area contributed by atoms with E-state index in [1.807, 2.05) is 30.0 Å². The van der Waals surface area contributed by atoms with Crippen molar-refractivity contribution in [2.45, 2.75) is 33.4 Å². The number of benzene rings is 4. The van der Waals surface area contributed by atoms with Crippen LogP contribution in [0, 0.1) is 19.7 Å². The van der Waals surface area contributed by atoms with E-state index in [0.717, 1.165) is 42.9 Å². The Kier molecular flexibility index (Phi) is 12.5. The number of amides is 1. The van der Waals surface area contributed by atoms with E-state index in [1.54, 1.807) is 42.5 Å². The van der Waals surface area contributed by atoms with Crippen molar-refractivity contribution in [3.05, 3.63) is 153 Å². The van der Waals surface area contributed by atoms with Crippen molar-refractivity contribution in [3.63, 3.8) is 0 Å². The van der Waals surface area contributed by atoms with Crippen LogP contribution in [0.5, 0.6) is 23.1 Å². The molecule has 0 bridgehead atoms. The highest BCUT2D eigenvalue weighted by Gasteiger charge is 2.20. The van der Waals surface area contributed by atoms with Gasteiger partial charge in [-0.05, 0) is 78.6 Å². The van der Waals surface area contributed by atoms with Crippen molar-refractivity contribution in [1.29, 1.82) is 0 Å². The van der Waals surface area contributed by atoms with Crippen LogP contribution >= 0.6 is 23.2 Å². The standard InChI is InChI=1S/C42H40Cl2FN3O4/c1-29-6-13-35(14-7-29)50-23-18-31-8-10-32(11-9-31)27-47-19-21-48(22-20-47)40(49)17-12-33-24-30(2)42(38(44)25-33)52-39-16-15-36(26-46-39)51-28-34-4-3-5-37(43)41(34)45/h3-17,24-26H,18-23,27-28H2,1-2H3/b17-12+. The fourth-order valence-electron chi connectivity index (χ4n) is 5.81. The number of halogens is 3. The number of rotatable bonds is 13. The van der Waals surface area contributed by atoms with Crippen molar-refractivity contribution in [2.24, 2.45) is 0 Å². The van der Waals surface area contributed by atoms with Crippen LogP contribution in [0.3, 0.4) is 0 Å². The van der Waals surface area contributed by atoms with Crippen LogP contribution in [0.15, 0.2) is 103 Å². The summed E-state index contributed by atoms with van der Waals surface area (Å²) in [6.45, 7) is 8.40. The van der Waals surface area contributed by atoms with Gasteiger partial charge in [0.1, 0.15) is 23.9 Å². The lowest BCUT2D eigenvalue weighted by molar-refractivity contribution is -0.127. The summed E-state index contributed by atoms with van der Waals surface area (Å²) < 4.78 is 31.6. The molecule has 10 heteroatoms. The number of carbonyl (C=O) groups excluding carboxylic acids is 1. The molecule has 0 N–H and O–H groups in total. The third-order valence-electron chi connectivity index (χ3n) is 8.81. The Morgan fingerprint density at radius 2 is 1.58 bits per heavy atom. The van der Waals surface area contributed by atoms with Crippen LogP contribution in [0.4, 0.5) is 4.39 Å². The zero-order valence-electron chi connectivity index (χ0n) is 29.2. The molecule has 52 heavy (non-hydrogen) atoms. The van der Waals surface area contributed by atoms with Gasteiger partial charge in [0.25, 0.3) is 0 Å². The van der Waals surface area contributed by atoms with Gasteiger partial charge in [0.05, 0.1) is 22.8 Å². The van der Waals surface area contributed by atoms with Crippen LogP contribution in [0.25, 0.3) is 6.08 Å². The van der Waals surface area contributed by atoms with Gasteiger partial charge in [-0.25, -0.2) is 9.37 Å². The van der Waals surface area contributed by atoms with E-state index in [4.69, 9.17) is 37.4 Å². The molecular weight excluding hydrogens is 700 g/mol. The van der Waals surface area contributed by atoms with Gasteiger partial charge in [-0.2, -0.15) is 0 Å². The Bertz CT molecular complexity index is 1970. The monoisotopic (exact) mass is 739 g/mol. The second-order valence-corrected chi connectivity index (χ2v) is 13.6. The van der Waals surface area contributed by atoms with E-state index < -0.39 is 5.82 Å². The lowest BCUT2D eigenvalue weighted by Gasteiger charge is -2.34. The molecule has 1 fully saturated rings. The highest BCUT2D eigenvalue weighted by Crippen LogP contribution is 2.34. The molecule has 4 aromatic carbocycles. The van der Waals surface area contributed by atoms with Gasteiger partial charge in [0.15, 0.2) is 5.75 Å². The molecular formula is C42H40Cl2FN3O4. The molecule has 1 amide bonds. The molecule has 5 aromatic rings. The highest BCUT2D eigenvalue weighted by molar-refractivity contribution is 6.32. The lowest BCUT2D eigenvalue weighted by Crippen LogP contribution is -2.47. The number of pyridine rings is 1. The second-order valence-electron chi connectivity index (χ2n) is 12.7. The fraction of sp³-hybridized carbons (Fsp3) is 0.238. The number of hydrogen-bond acceptors (Lipinski definition) is 6. The van der Waals surface area contributed by atoms with E-state index in [2.05, 4.69) is 53.2 Å². The van der Waals surface area contributed by atoms with Gasteiger partial charge < -0.3 is 19.1 Å². The van der Waals surface area contributed by atoms with Gasteiger partial charge in [-0.3, -0.25) is 9.69 Å². The summed E-state index contributed by atoms with van der Waals surface area (Å²) in [6, 6.07) is 28.6. The average Bonchev–Trinajstić information content (AvgIpc) is 3.15. The molecule has 2 heterocycles. The van der Waals surface area contributed by atoms with Gasteiger partial charge in [0, 0.05) is 56.9 Å². The summed E-state index contributed by atoms with van der Waals surface area (Å²) in [6.07, 6.45) is 5.72. The number of aryl methyl sites for hydroxylation is 2. The van der Waals surface area contributed by atoms with Crippen LogP contribution in [-0.4, -0.2) is 53.5 Å². The minimum atomic E-state index is -0.506. The Morgan fingerprint density at radius 1 is 0.846 bits per heavy atom. The normalized spacial score (nSPS) is 13.4. The molecule has 1 saturated heterocycles. The molecule has 0 spiro atoms. The molecule has 0 atom stereocenters. The summed E-state index contributed by atoms with van der Waals surface area (Å²) >= 11 is 12.4. The summed E-state index contributed by atoms with van der Waals surface area (Å²) in [4.78, 5) is 21.6. The van der Waals surface area contributed by atoms with Crippen LogP contribution in [0.2, 0.25) is 10.0 Å². The van der Waals surface area contributed by atoms with E-state index in [-0.39, 0.29) is 17.5 Å². The van der Waals surface area contributed by atoms with Gasteiger partial charge in [0.2, 0.25) is 11.8 Å². The van der Waals surface area contributed by atoms with Crippen molar-refractivity contribution < 1.29 is 23.4 Å². The Hall–Kier alpha value is -4.89. The molecule has 6 rings (SSSR count). The molecule has 0 unspecified atom stereocenters. The molecule has 1 aromatic heterocycles. The van der Waals surface area contributed by atoms with E-state index in [0.29, 0.717) is 47.7 Å². The van der Waals surface area contributed by atoms with E-state index in [9.17, 15) is 9.18 Å². The fourth-order valence-corrected chi connectivity index (χ4v) is 6.32. The second kappa shape index (κ2) is 17.6. The zero-order valence-corrected chi connectivity index (χ0v) is 30.7. The summed E-state index contributed by atoms with van der Waals surface area (Å²) in [5, 5.41) is 0.436. The molecule has 268 valence electrons. The maximum Gasteiger partial charge on any atom is 0.246 e. The smallest absolute Gasteiger partial charge is 0.246 e. The lowest BCUT2D eigenvalue weighted by atomic mass is 10.1. The third-order valence-corrected chi connectivity index (χ3v) is 9.38. The molecule has 7 nitrogen and oxygen atoms in total. The molecule has 0 aliphatic carbocycles. The van der Waals surface area contributed by atoms with Gasteiger partial charge in [-0.1, -0.05) is 77.3 Å². The largest absolute Gasteiger partial charge is 0.493 e. The highest BCUT2D eigenvalue weighted by atomic mass is 35.5. The topological polar surface area (TPSA) is 64.1 Å². The summed E-state index contributed by atoms with van der Waals surface area (Å²) in [5.74, 6) is 1.59. The first kappa shape index (κ1) is 36.9. The number of ether oxygens (including phenoxy) is 3. The minimum absolute atomic E-state index is 0.00931. The number of piperazine rings is 1. The Balaban J connectivity index is 0.937. The van der Waals surface area contributed by atoms with Gasteiger partial charge in [-0.15, -0.1) is 0 Å². The van der Waals surface area contributed by atoms with Crippen molar-refractivity contribution in [3.8, 4) is 23.1 Å². The first-order valence-corrected chi connectivity index (χ1v) is 17.9. The average molecular weight is 741 g/mol.